The fourth-order valence-corrected chi connectivity index (χ4v) is 3.11. The molecule has 1 N–H and O–H groups in total. The van der Waals surface area contributed by atoms with Gasteiger partial charge in [0.2, 0.25) is 0 Å². The molecule has 10 nitrogen and oxygen atoms in total. The highest BCUT2D eigenvalue weighted by molar-refractivity contribution is 6.02. The molecule has 144 valence electrons. The molecule has 0 aliphatic heterocycles. The molecule has 0 aromatic carbocycles. The van der Waals surface area contributed by atoms with Crippen LogP contribution in [0.1, 0.15) is 35.5 Å². The number of rotatable bonds is 7. The van der Waals surface area contributed by atoms with Crippen LogP contribution in [0.25, 0.3) is 0 Å². The first-order chi connectivity index (χ1) is 13.0. The minimum Gasteiger partial charge on any atom is -0.480 e. The molecule has 2 aromatic rings. The van der Waals surface area contributed by atoms with Gasteiger partial charge >= 0.3 is 11.9 Å². The Morgan fingerprint density at radius 3 is 2.89 bits per heavy atom. The summed E-state index contributed by atoms with van der Waals surface area (Å²) in [4.78, 5) is 27.7. The number of carbonyl (C=O) groups excluding carboxylic acids is 1. The Kier molecular flexibility index (Phi) is 5.53. The first-order valence-electron chi connectivity index (χ1n) is 8.53. The highest BCUT2D eigenvalue weighted by atomic mass is 16.6. The zero-order valence-corrected chi connectivity index (χ0v) is 15.2. The summed E-state index contributed by atoms with van der Waals surface area (Å²) in [5.41, 5.74) is 4.32. The van der Waals surface area contributed by atoms with Crippen LogP contribution in [0, 0.1) is 6.92 Å². The third kappa shape index (κ3) is 4.33. The Morgan fingerprint density at radius 2 is 2.15 bits per heavy atom. The van der Waals surface area contributed by atoms with Crippen molar-refractivity contribution in [1.29, 1.82) is 0 Å². The van der Waals surface area contributed by atoms with Crippen LogP contribution in [0.15, 0.2) is 17.4 Å². The van der Waals surface area contributed by atoms with E-state index in [2.05, 4.69) is 15.5 Å². The Labute approximate surface area is 155 Å². The zero-order chi connectivity index (χ0) is 19.4. The number of aliphatic carboxylic acids is 1. The summed E-state index contributed by atoms with van der Waals surface area (Å²) in [5.74, 6) is -1.28. The molecule has 0 saturated carbocycles. The molecule has 0 bridgehead atoms. The normalized spacial score (nSPS) is 14.8. The average Bonchev–Trinajstić information content (AvgIpc) is 3.19. The van der Waals surface area contributed by atoms with Gasteiger partial charge in [-0.3, -0.25) is 9.59 Å². The van der Waals surface area contributed by atoms with Crippen molar-refractivity contribution in [1.82, 2.24) is 19.6 Å². The molecule has 1 aliphatic carbocycles. The van der Waals surface area contributed by atoms with Gasteiger partial charge in [0.15, 0.2) is 6.61 Å². The maximum atomic E-state index is 11.6. The molecule has 0 spiro atoms. The lowest BCUT2D eigenvalue weighted by Crippen LogP contribution is -2.19. The molecular formula is C17H21N5O5. The van der Waals surface area contributed by atoms with Gasteiger partial charge in [-0.25, -0.2) is 4.68 Å². The van der Waals surface area contributed by atoms with E-state index in [4.69, 9.17) is 14.7 Å². The number of carbonyl (C=O) groups is 2. The van der Waals surface area contributed by atoms with E-state index in [-0.39, 0.29) is 25.7 Å². The van der Waals surface area contributed by atoms with E-state index >= 15 is 0 Å². The van der Waals surface area contributed by atoms with E-state index in [1.807, 2.05) is 17.6 Å². The highest BCUT2D eigenvalue weighted by Gasteiger charge is 2.23. The molecule has 0 amide bonds. The van der Waals surface area contributed by atoms with Gasteiger partial charge in [0.05, 0.1) is 19.0 Å². The summed E-state index contributed by atoms with van der Waals surface area (Å²) < 4.78 is 7.95. The predicted octanol–water partition coefficient (Wildman–Crippen LogP) is 0.903. The smallest absolute Gasteiger partial charge is 0.325 e. The average molecular weight is 375 g/mol. The van der Waals surface area contributed by atoms with Gasteiger partial charge < -0.3 is 19.2 Å². The molecule has 0 fully saturated rings. The van der Waals surface area contributed by atoms with Gasteiger partial charge in [-0.1, -0.05) is 10.4 Å². The van der Waals surface area contributed by atoms with Crippen molar-refractivity contribution < 1.29 is 24.3 Å². The van der Waals surface area contributed by atoms with Gasteiger partial charge in [0.1, 0.15) is 18.8 Å². The van der Waals surface area contributed by atoms with Crippen molar-refractivity contribution >= 4 is 17.7 Å². The Bertz CT molecular complexity index is 882. The third-order valence-corrected chi connectivity index (χ3v) is 4.34. The molecule has 1 aliphatic rings. The number of carboxylic acids is 1. The van der Waals surface area contributed by atoms with Crippen LogP contribution in [0.4, 0.5) is 0 Å². The van der Waals surface area contributed by atoms with Crippen LogP contribution in [-0.2, 0) is 45.3 Å². The number of methoxy groups -OCH3 is 1. The topological polar surface area (TPSA) is 121 Å². The standard InChI is InChI=1S/C17H21N5O5/c1-11-6-13-14(4-3-5-15(13)22(11)9-17(25)26-2)19-27-10-12-7-21(20-18-12)8-16(23)24/h6-7H,3-5,8-10H2,1-2H3,(H,23,24). The van der Waals surface area contributed by atoms with Crippen molar-refractivity contribution in [2.75, 3.05) is 7.11 Å². The largest absolute Gasteiger partial charge is 0.480 e. The SMILES string of the molecule is COC(=O)Cn1c(C)cc2c1CCCC2=NOCc1cn(CC(=O)O)nn1. The van der Waals surface area contributed by atoms with Crippen LogP contribution in [0.5, 0.6) is 0 Å². The maximum Gasteiger partial charge on any atom is 0.325 e. The fourth-order valence-electron chi connectivity index (χ4n) is 3.11. The summed E-state index contributed by atoms with van der Waals surface area (Å²) in [6.07, 6.45) is 4.06. The predicted molar refractivity (Wildman–Crippen MR) is 93.1 cm³/mol. The number of aryl methyl sites for hydroxylation is 1. The van der Waals surface area contributed by atoms with Gasteiger partial charge in [-0.05, 0) is 32.3 Å². The Hall–Kier alpha value is -3.17. The molecule has 2 heterocycles. The third-order valence-electron chi connectivity index (χ3n) is 4.34. The molecule has 0 unspecified atom stereocenters. The van der Waals surface area contributed by atoms with Gasteiger partial charge in [0, 0.05) is 17.0 Å². The minimum absolute atomic E-state index is 0.0975. The van der Waals surface area contributed by atoms with Crippen molar-refractivity contribution in [2.24, 2.45) is 5.16 Å². The molecule has 0 saturated heterocycles. The first kappa shape index (κ1) is 18.6. The molecule has 10 heteroatoms. The van der Waals surface area contributed by atoms with Gasteiger partial charge in [-0.15, -0.1) is 5.10 Å². The summed E-state index contributed by atoms with van der Waals surface area (Å²) in [5, 5.41) is 20.6. The molecule has 3 rings (SSSR count). The van der Waals surface area contributed by atoms with Gasteiger partial charge in [0.25, 0.3) is 0 Å². The second-order valence-corrected chi connectivity index (χ2v) is 6.27. The Balaban J connectivity index is 1.70. The van der Waals surface area contributed by atoms with Crippen molar-refractivity contribution in [2.45, 2.75) is 45.9 Å². The lowest BCUT2D eigenvalue weighted by atomic mass is 9.96. The summed E-state index contributed by atoms with van der Waals surface area (Å²) in [6, 6.07) is 2.00. The van der Waals surface area contributed by atoms with E-state index in [1.54, 1.807) is 0 Å². The lowest BCUT2D eigenvalue weighted by Gasteiger charge is -2.17. The number of fused-ring (bicyclic) bond motifs is 1. The quantitative estimate of drug-likeness (QED) is 0.564. The van der Waals surface area contributed by atoms with Crippen LogP contribution in [0.3, 0.4) is 0 Å². The number of nitrogens with zero attached hydrogens (tertiary/aromatic N) is 5. The monoisotopic (exact) mass is 375 g/mol. The van der Waals surface area contributed by atoms with Crippen LogP contribution >= 0.6 is 0 Å². The number of hydrogen-bond acceptors (Lipinski definition) is 7. The van der Waals surface area contributed by atoms with Crippen LogP contribution in [0.2, 0.25) is 0 Å². The van der Waals surface area contributed by atoms with E-state index in [1.165, 1.54) is 18.0 Å². The van der Waals surface area contributed by atoms with Crippen LogP contribution in [-0.4, -0.2) is 49.4 Å². The molecule has 27 heavy (non-hydrogen) atoms. The summed E-state index contributed by atoms with van der Waals surface area (Å²) in [6.45, 7) is 1.97. The number of esters is 1. The molecule has 0 radical (unpaired) electrons. The van der Waals surface area contributed by atoms with E-state index in [0.29, 0.717) is 5.69 Å². The lowest BCUT2D eigenvalue weighted by molar-refractivity contribution is -0.141. The second kappa shape index (κ2) is 8.02. The number of hydrogen-bond donors (Lipinski definition) is 1. The number of carboxylic acid groups (broad SMARTS) is 1. The Morgan fingerprint density at radius 1 is 1.33 bits per heavy atom. The van der Waals surface area contributed by atoms with Crippen molar-refractivity contribution in [3.05, 3.63) is 34.9 Å². The number of aromatic nitrogens is 4. The summed E-state index contributed by atoms with van der Waals surface area (Å²) in [7, 11) is 1.38. The first-order valence-corrected chi connectivity index (χ1v) is 8.53. The van der Waals surface area contributed by atoms with Crippen LogP contribution < -0.4 is 0 Å². The molecule has 2 aromatic heterocycles. The van der Waals surface area contributed by atoms with E-state index < -0.39 is 5.97 Å². The summed E-state index contributed by atoms with van der Waals surface area (Å²) >= 11 is 0. The highest BCUT2D eigenvalue weighted by Crippen LogP contribution is 2.26. The number of oxime groups is 1. The second-order valence-electron chi connectivity index (χ2n) is 6.27. The van der Waals surface area contributed by atoms with E-state index in [0.717, 1.165) is 41.9 Å². The minimum atomic E-state index is -0.991. The molecular weight excluding hydrogens is 354 g/mol. The van der Waals surface area contributed by atoms with Crippen molar-refractivity contribution in [3.8, 4) is 0 Å². The zero-order valence-electron chi connectivity index (χ0n) is 15.2. The van der Waals surface area contributed by atoms with E-state index in [9.17, 15) is 9.59 Å². The van der Waals surface area contributed by atoms with Gasteiger partial charge in [-0.2, -0.15) is 0 Å². The maximum absolute atomic E-state index is 11.6. The number of ether oxygens (including phenoxy) is 1. The fraction of sp³-hybridized carbons (Fsp3) is 0.471. The molecule has 0 atom stereocenters. The van der Waals surface area contributed by atoms with Crippen molar-refractivity contribution in [3.63, 3.8) is 0 Å².